The molecule has 6 nitrogen and oxygen atoms in total. The first-order chi connectivity index (χ1) is 8.08. The highest BCUT2D eigenvalue weighted by Gasteiger charge is 2.19. The number of carbonyl (C=O) groups is 2. The maximum Gasteiger partial charge on any atom is 0.337 e. The minimum Gasteiger partial charge on any atom is -0.465 e. The van der Waals surface area contributed by atoms with Crippen molar-refractivity contribution in [2.75, 3.05) is 20.3 Å². The fraction of sp³-hybridized carbons (Fsp3) is 0.455. The van der Waals surface area contributed by atoms with E-state index in [2.05, 4.69) is 4.74 Å². The van der Waals surface area contributed by atoms with Crippen LogP contribution in [-0.4, -0.2) is 43.3 Å². The number of hydrogen-bond donors (Lipinski definition) is 1. The molecule has 0 saturated carbocycles. The average Bonchev–Trinajstić information content (AvgIpc) is 2.31. The summed E-state index contributed by atoms with van der Waals surface area (Å²) in [7, 11) is 1.30. The van der Waals surface area contributed by atoms with Crippen molar-refractivity contribution in [3.8, 4) is 0 Å². The summed E-state index contributed by atoms with van der Waals surface area (Å²) in [6.45, 7) is 2.12. The second-order valence-electron chi connectivity index (χ2n) is 3.40. The zero-order chi connectivity index (χ0) is 12.8. The summed E-state index contributed by atoms with van der Waals surface area (Å²) in [5.41, 5.74) is 6.16. The van der Waals surface area contributed by atoms with Gasteiger partial charge < -0.3 is 20.1 Å². The molecule has 1 aliphatic rings. The first kappa shape index (κ1) is 13.2. The molecule has 0 aromatic rings. The second kappa shape index (κ2) is 6.05. The normalized spacial score (nSPS) is 18.6. The zero-order valence-electron chi connectivity index (χ0n) is 9.88. The van der Waals surface area contributed by atoms with E-state index in [1.807, 2.05) is 0 Å². The predicted molar refractivity (Wildman–Crippen MR) is 60.6 cm³/mol. The molecular weight excluding hydrogens is 224 g/mol. The van der Waals surface area contributed by atoms with Gasteiger partial charge in [-0.25, -0.2) is 4.79 Å². The number of esters is 2. The lowest BCUT2D eigenvalue weighted by Gasteiger charge is -2.27. The number of hydrogen-bond acceptors (Lipinski definition) is 6. The topological polar surface area (TPSA) is 81.9 Å². The van der Waals surface area contributed by atoms with E-state index >= 15 is 0 Å². The molecule has 1 aliphatic heterocycles. The van der Waals surface area contributed by atoms with E-state index in [4.69, 9.17) is 10.5 Å². The van der Waals surface area contributed by atoms with Crippen molar-refractivity contribution in [2.24, 2.45) is 5.73 Å². The van der Waals surface area contributed by atoms with Crippen molar-refractivity contribution in [3.05, 3.63) is 23.9 Å². The molecule has 0 spiro atoms. The Balaban J connectivity index is 2.60. The fourth-order valence-corrected chi connectivity index (χ4v) is 1.38. The van der Waals surface area contributed by atoms with E-state index in [0.717, 1.165) is 0 Å². The highest BCUT2D eigenvalue weighted by atomic mass is 16.5. The van der Waals surface area contributed by atoms with Gasteiger partial charge in [0.15, 0.2) is 0 Å². The summed E-state index contributed by atoms with van der Waals surface area (Å²) >= 11 is 0. The molecule has 17 heavy (non-hydrogen) atoms. The molecule has 1 heterocycles. The van der Waals surface area contributed by atoms with Gasteiger partial charge in [-0.1, -0.05) is 0 Å². The summed E-state index contributed by atoms with van der Waals surface area (Å²) in [4.78, 5) is 24.1. The summed E-state index contributed by atoms with van der Waals surface area (Å²) in [6.07, 6.45) is 4.12. The molecular formula is C11H16N2O4. The van der Waals surface area contributed by atoms with Gasteiger partial charge in [0.05, 0.1) is 25.5 Å². The van der Waals surface area contributed by atoms with Crippen molar-refractivity contribution >= 4 is 11.9 Å². The van der Waals surface area contributed by atoms with Gasteiger partial charge in [0, 0.05) is 6.20 Å². The Morgan fingerprint density at radius 1 is 1.53 bits per heavy atom. The van der Waals surface area contributed by atoms with E-state index in [9.17, 15) is 9.59 Å². The third-order valence-electron chi connectivity index (χ3n) is 2.22. The van der Waals surface area contributed by atoms with Crippen LogP contribution >= 0.6 is 0 Å². The maximum atomic E-state index is 11.3. The van der Waals surface area contributed by atoms with Crippen LogP contribution in [0.3, 0.4) is 0 Å². The molecule has 1 atom stereocenters. The van der Waals surface area contributed by atoms with Crippen molar-refractivity contribution in [1.82, 2.24) is 4.90 Å². The SMILES string of the molecule is CCOC(=O)CN1C=CC(C(=O)OC)=CC1N. The van der Waals surface area contributed by atoms with Crippen LogP contribution in [0.4, 0.5) is 0 Å². The molecule has 1 rings (SSSR count). The van der Waals surface area contributed by atoms with Crippen molar-refractivity contribution in [3.63, 3.8) is 0 Å². The van der Waals surface area contributed by atoms with Crippen LogP contribution in [0.25, 0.3) is 0 Å². The van der Waals surface area contributed by atoms with Gasteiger partial charge in [-0.3, -0.25) is 4.79 Å². The van der Waals surface area contributed by atoms with Crippen LogP contribution in [0.5, 0.6) is 0 Å². The van der Waals surface area contributed by atoms with Crippen LogP contribution in [-0.2, 0) is 19.1 Å². The predicted octanol–water partition coefficient (Wildman–Crippen LogP) is -0.237. The van der Waals surface area contributed by atoms with Gasteiger partial charge in [-0.05, 0) is 19.1 Å². The first-order valence-electron chi connectivity index (χ1n) is 5.23. The van der Waals surface area contributed by atoms with Crippen molar-refractivity contribution in [2.45, 2.75) is 13.1 Å². The molecule has 0 amide bonds. The molecule has 0 bridgehead atoms. The third kappa shape index (κ3) is 3.60. The van der Waals surface area contributed by atoms with E-state index in [0.29, 0.717) is 12.2 Å². The molecule has 6 heteroatoms. The van der Waals surface area contributed by atoms with E-state index in [1.54, 1.807) is 24.1 Å². The molecule has 1 unspecified atom stereocenters. The highest BCUT2D eigenvalue weighted by molar-refractivity contribution is 5.91. The van der Waals surface area contributed by atoms with Gasteiger partial charge >= 0.3 is 11.9 Å². The van der Waals surface area contributed by atoms with E-state index < -0.39 is 12.1 Å². The summed E-state index contributed by atoms with van der Waals surface area (Å²) in [5, 5.41) is 0. The summed E-state index contributed by atoms with van der Waals surface area (Å²) in [6, 6.07) is 0. The van der Waals surface area contributed by atoms with Crippen LogP contribution in [0.1, 0.15) is 6.92 Å². The maximum absolute atomic E-state index is 11.3. The summed E-state index contributed by atoms with van der Waals surface area (Å²) < 4.78 is 9.37. The second-order valence-corrected chi connectivity index (χ2v) is 3.40. The number of nitrogens with zero attached hydrogens (tertiary/aromatic N) is 1. The molecule has 0 fully saturated rings. The Hall–Kier alpha value is -1.82. The Morgan fingerprint density at radius 2 is 2.24 bits per heavy atom. The molecule has 94 valence electrons. The van der Waals surface area contributed by atoms with Crippen LogP contribution in [0, 0.1) is 0 Å². The molecule has 0 radical (unpaired) electrons. The van der Waals surface area contributed by atoms with Crippen LogP contribution in [0.15, 0.2) is 23.9 Å². The van der Waals surface area contributed by atoms with Crippen molar-refractivity contribution in [1.29, 1.82) is 0 Å². The van der Waals surface area contributed by atoms with Crippen molar-refractivity contribution < 1.29 is 19.1 Å². The van der Waals surface area contributed by atoms with E-state index in [-0.39, 0.29) is 12.5 Å². The Kier molecular flexibility index (Phi) is 4.71. The molecule has 0 saturated heterocycles. The first-order valence-corrected chi connectivity index (χ1v) is 5.23. The minimum atomic E-state index is -0.543. The van der Waals surface area contributed by atoms with Gasteiger partial charge in [-0.15, -0.1) is 0 Å². The number of nitrogens with two attached hydrogens (primary N) is 1. The highest BCUT2D eigenvalue weighted by Crippen LogP contribution is 2.11. The largest absolute Gasteiger partial charge is 0.465 e. The van der Waals surface area contributed by atoms with Gasteiger partial charge in [0.2, 0.25) is 0 Å². The minimum absolute atomic E-state index is 0.0520. The zero-order valence-corrected chi connectivity index (χ0v) is 9.88. The molecule has 0 aromatic carbocycles. The lowest BCUT2D eigenvalue weighted by molar-refractivity contribution is -0.144. The molecule has 2 N–H and O–H groups in total. The van der Waals surface area contributed by atoms with Crippen LogP contribution in [0.2, 0.25) is 0 Å². The number of carbonyl (C=O) groups excluding carboxylic acids is 2. The Morgan fingerprint density at radius 3 is 2.76 bits per heavy atom. The number of ether oxygens (including phenoxy) is 2. The standard InChI is InChI=1S/C11H16N2O4/c1-3-17-10(14)7-13-5-4-8(6-9(13)12)11(15)16-2/h4-6,9H,3,7,12H2,1-2H3. The number of rotatable bonds is 4. The molecule has 0 aliphatic carbocycles. The van der Waals surface area contributed by atoms with Gasteiger partial charge in [0.1, 0.15) is 6.54 Å². The Bertz CT molecular complexity index is 362. The van der Waals surface area contributed by atoms with Gasteiger partial charge in [0.25, 0.3) is 0 Å². The average molecular weight is 240 g/mol. The van der Waals surface area contributed by atoms with Gasteiger partial charge in [-0.2, -0.15) is 0 Å². The molecule has 0 aromatic heterocycles. The third-order valence-corrected chi connectivity index (χ3v) is 2.22. The smallest absolute Gasteiger partial charge is 0.337 e. The van der Waals surface area contributed by atoms with E-state index in [1.165, 1.54) is 13.2 Å². The van der Waals surface area contributed by atoms with Crippen LogP contribution < -0.4 is 5.73 Å². The number of methoxy groups -OCH3 is 1. The summed E-state index contributed by atoms with van der Waals surface area (Å²) in [5.74, 6) is -0.810. The fourth-order valence-electron chi connectivity index (χ4n) is 1.38. The Labute approximate surface area is 99.7 Å². The quantitative estimate of drug-likeness (QED) is 0.683. The lowest BCUT2D eigenvalue weighted by Crippen LogP contribution is -2.42. The lowest BCUT2D eigenvalue weighted by atomic mass is 10.1. The monoisotopic (exact) mass is 240 g/mol.